The van der Waals surface area contributed by atoms with Crippen LogP contribution in [0.25, 0.3) is 0 Å². The van der Waals surface area contributed by atoms with Crippen LogP contribution in [-0.2, 0) is 11.3 Å². The lowest BCUT2D eigenvalue weighted by atomic mass is 10.2. The molecule has 0 aliphatic heterocycles. The monoisotopic (exact) mass is 282 g/mol. The van der Waals surface area contributed by atoms with E-state index in [1.807, 2.05) is 6.92 Å². The van der Waals surface area contributed by atoms with Crippen molar-refractivity contribution in [2.45, 2.75) is 38.8 Å². The molecule has 1 amide bonds. The molecule has 1 saturated carbocycles. The van der Waals surface area contributed by atoms with Crippen LogP contribution in [0.3, 0.4) is 0 Å². The molecule has 0 aromatic heterocycles. The van der Waals surface area contributed by atoms with Gasteiger partial charge in [-0.2, -0.15) is 0 Å². The molecule has 1 aromatic carbocycles. The summed E-state index contributed by atoms with van der Waals surface area (Å²) in [6.45, 7) is 3.30. The lowest BCUT2D eigenvalue weighted by Crippen LogP contribution is -2.39. The van der Waals surface area contributed by atoms with Gasteiger partial charge in [-0.1, -0.05) is 13.0 Å². The van der Waals surface area contributed by atoms with E-state index in [0.29, 0.717) is 5.56 Å². The van der Waals surface area contributed by atoms with Crippen LogP contribution in [0.5, 0.6) is 0 Å². The number of rotatable bonds is 7. The third-order valence-electron chi connectivity index (χ3n) is 3.37. The largest absolute Gasteiger partial charge is 0.334 e. The van der Waals surface area contributed by atoms with E-state index in [1.165, 1.54) is 12.1 Å². The Morgan fingerprint density at radius 3 is 2.75 bits per heavy atom. The fourth-order valence-electron chi connectivity index (χ4n) is 2.11. The van der Waals surface area contributed by atoms with Gasteiger partial charge in [0.25, 0.3) is 0 Å². The molecule has 3 nitrogen and oxygen atoms in total. The summed E-state index contributed by atoms with van der Waals surface area (Å²) in [5.74, 6) is -1.21. The van der Waals surface area contributed by atoms with Gasteiger partial charge in [-0.25, -0.2) is 8.78 Å². The van der Waals surface area contributed by atoms with E-state index < -0.39 is 11.6 Å². The third kappa shape index (κ3) is 4.00. The number of hydrogen-bond acceptors (Lipinski definition) is 2. The molecule has 0 saturated heterocycles. The van der Waals surface area contributed by atoms with Crippen LogP contribution < -0.4 is 5.32 Å². The lowest BCUT2D eigenvalue weighted by Gasteiger charge is -2.23. The van der Waals surface area contributed by atoms with Gasteiger partial charge >= 0.3 is 0 Å². The number of carbonyl (C=O) groups excluding carboxylic acids is 1. The fraction of sp³-hybridized carbons (Fsp3) is 0.533. The first-order valence-electron chi connectivity index (χ1n) is 7.06. The van der Waals surface area contributed by atoms with Gasteiger partial charge in [-0.05, 0) is 31.9 Å². The SMILES string of the molecule is CCCNCC(=O)N(Cc1ccc(F)cc1F)C1CC1. The first-order valence-corrected chi connectivity index (χ1v) is 7.06. The second kappa shape index (κ2) is 6.79. The maximum atomic E-state index is 13.7. The Kier molecular flexibility index (Phi) is 5.06. The Morgan fingerprint density at radius 2 is 2.15 bits per heavy atom. The van der Waals surface area contributed by atoms with Crippen molar-refractivity contribution in [3.8, 4) is 0 Å². The number of halogens is 2. The van der Waals surface area contributed by atoms with Gasteiger partial charge in [0.1, 0.15) is 11.6 Å². The van der Waals surface area contributed by atoms with E-state index in [9.17, 15) is 13.6 Å². The molecular formula is C15H20F2N2O. The van der Waals surface area contributed by atoms with Crippen molar-refractivity contribution in [2.24, 2.45) is 0 Å². The molecule has 0 heterocycles. The first kappa shape index (κ1) is 14.9. The zero-order valence-electron chi connectivity index (χ0n) is 11.7. The van der Waals surface area contributed by atoms with Gasteiger partial charge in [-0.15, -0.1) is 0 Å². The molecule has 0 radical (unpaired) electrons. The quantitative estimate of drug-likeness (QED) is 0.779. The van der Waals surface area contributed by atoms with Crippen molar-refractivity contribution in [3.05, 3.63) is 35.4 Å². The molecule has 1 fully saturated rings. The molecular weight excluding hydrogens is 262 g/mol. The number of benzene rings is 1. The normalized spacial score (nSPS) is 14.3. The summed E-state index contributed by atoms with van der Waals surface area (Å²) in [5, 5.41) is 3.06. The molecule has 0 spiro atoms. The molecule has 0 unspecified atom stereocenters. The average molecular weight is 282 g/mol. The van der Waals surface area contributed by atoms with Crippen LogP contribution in [-0.4, -0.2) is 29.9 Å². The Balaban J connectivity index is 2.00. The molecule has 0 atom stereocenters. The zero-order chi connectivity index (χ0) is 14.5. The Morgan fingerprint density at radius 1 is 1.40 bits per heavy atom. The van der Waals surface area contributed by atoms with Gasteiger partial charge in [0.15, 0.2) is 0 Å². The van der Waals surface area contributed by atoms with Crippen molar-refractivity contribution in [1.29, 1.82) is 0 Å². The Bertz CT molecular complexity index is 475. The van der Waals surface area contributed by atoms with Gasteiger partial charge in [-0.3, -0.25) is 4.79 Å². The predicted molar refractivity (Wildman–Crippen MR) is 73.1 cm³/mol. The summed E-state index contributed by atoms with van der Waals surface area (Å²) < 4.78 is 26.6. The molecule has 1 aliphatic carbocycles. The van der Waals surface area contributed by atoms with Gasteiger partial charge < -0.3 is 10.2 Å². The maximum Gasteiger partial charge on any atom is 0.237 e. The van der Waals surface area contributed by atoms with E-state index in [-0.39, 0.29) is 25.0 Å². The topological polar surface area (TPSA) is 32.3 Å². The number of nitrogens with zero attached hydrogens (tertiary/aromatic N) is 1. The predicted octanol–water partition coefficient (Wildman–Crippen LogP) is 2.46. The molecule has 5 heteroatoms. The summed E-state index contributed by atoms with van der Waals surface area (Å²) in [4.78, 5) is 13.8. The highest BCUT2D eigenvalue weighted by Gasteiger charge is 2.32. The molecule has 2 rings (SSSR count). The Hall–Kier alpha value is -1.49. The summed E-state index contributed by atoms with van der Waals surface area (Å²) in [6.07, 6.45) is 2.88. The highest BCUT2D eigenvalue weighted by atomic mass is 19.1. The zero-order valence-corrected chi connectivity index (χ0v) is 11.7. The molecule has 20 heavy (non-hydrogen) atoms. The summed E-state index contributed by atoms with van der Waals surface area (Å²) in [7, 11) is 0. The molecule has 1 aliphatic rings. The smallest absolute Gasteiger partial charge is 0.237 e. The number of hydrogen-bond donors (Lipinski definition) is 1. The van der Waals surface area contributed by atoms with Crippen LogP contribution >= 0.6 is 0 Å². The van der Waals surface area contributed by atoms with Gasteiger partial charge in [0.05, 0.1) is 6.54 Å². The second-order valence-corrected chi connectivity index (χ2v) is 5.17. The molecule has 110 valence electrons. The Labute approximate surface area is 118 Å². The van der Waals surface area contributed by atoms with Crippen molar-refractivity contribution < 1.29 is 13.6 Å². The lowest BCUT2D eigenvalue weighted by molar-refractivity contribution is -0.131. The molecule has 1 N–H and O–H groups in total. The van der Waals surface area contributed by atoms with E-state index in [1.54, 1.807) is 4.90 Å². The number of nitrogens with one attached hydrogen (secondary N) is 1. The average Bonchev–Trinajstić information content (AvgIpc) is 3.22. The standard InChI is InChI=1S/C15H20F2N2O/c1-2-7-18-9-15(20)19(13-5-6-13)10-11-3-4-12(16)8-14(11)17/h3-4,8,13,18H,2,5-7,9-10H2,1H3. The highest BCUT2D eigenvalue weighted by Crippen LogP contribution is 2.28. The first-order chi connectivity index (χ1) is 9.61. The summed E-state index contributed by atoms with van der Waals surface area (Å²) in [5.41, 5.74) is 0.363. The fourth-order valence-corrected chi connectivity index (χ4v) is 2.11. The van der Waals surface area contributed by atoms with Crippen molar-refractivity contribution >= 4 is 5.91 Å². The number of amides is 1. The van der Waals surface area contributed by atoms with Crippen molar-refractivity contribution in [2.75, 3.05) is 13.1 Å². The minimum absolute atomic E-state index is 0.0234. The van der Waals surface area contributed by atoms with Crippen molar-refractivity contribution in [1.82, 2.24) is 10.2 Å². The summed E-state index contributed by atoms with van der Waals surface area (Å²) >= 11 is 0. The van der Waals surface area contributed by atoms with Crippen LogP contribution in [0.1, 0.15) is 31.7 Å². The minimum Gasteiger partial charge on any atom is -0.334 e. The van der Waals surface area contributed by atoms with Crippen molar-refractivity contribution in [3.63, 3.8) is 0 Å². The maximum absolute atomic E-state index is 13.7. The molecule has 1 aromatic rings. The van der Waals surface area contributed by atoms with E-state index >= 15 is 0 Å². The van der Waals surface area contributed by atoms with Crippen LogP contribution in [0.2, 0.25) is 0 Å². The van der Waals surface area contributed by atoms with Crippen LogP contribution in [0.4, 0.5) is 8.78 Å². The van der Waals surface area contributed by atoms with Gasteiger partial charge in [0.2, 0.25) is 5.91 Å². The van der Waals surface area contributed by atoms with E-state index in [4.69, 9.17) is 0 Å². The highest BCUT2D eigenvalue weighted by molar-refractivity contribution is 5.79. The summed E-state index contributed by atoms with van der Waals surface area (Å²) in [6, 6.07) is 3.70. The van der Waals surface area contributed by atoms with E-state index in [0.717, 1.165) is 31.9 Å². The third-order valence-corrected chi connectivity index (χ3v) is 3.37. The molecule has 0 bridgehead atoms. The minimum atomic E-state index is -0.597. The van der Waals surface area contributed by atoms with E-state index in [2.05, 4.69) is 5.32 Å². The van der Waals surface area contributed by atoms with Gasteiger partial charge in [0, 0.05) is 24.2 Å². The van der Waals surface area contributed by atoms with Crippen LogP contribution in [0, 0.1) is 11.6 Å². The second-order valence-electron chi connectivity index (χ2n) is 5.17. The van der Waals surface area contributed by atoms with Crippen LogP contribution in [0.15, 0.2) is 18.2 Å². The number of carbonyl (C=O) groups is 1.